The molecule has 2 aromatic rings. The number of aryl methyl sites for hydroxylation is 1. The van der Waals surface area contributed by atoms with Gasteiger partial charge in [-0.05, 0) is 32.0 Å². The van der Waals surface area contributed by atoms with Gasteiger partial charge in [-0.1, -0.05) is 17.8 Å². The third-order valence-corrected chi connectivity index (χ3v) is 4.10. The van der Waals surface area contributed by atoms with Crippen LogP contribution in [0.3, 0.4) is 0 Å². The summed E-state index contributed by atoms with van der Waals surface area (Å²) >= 11 is 1.34. The quantitative estimate of drug-likeness (QED) is 0.874. The summed E-state index contributed by atoms with van der Waals surface area (Å²) in [5, 5.41) is 20.0. The van der Waals surface area contributed by atoms with Crippen LogP contribution in [-0.2, 0) is 11.8 Å². The average molecular weight is 301 g/mol. The Hall–Kier alpha value is -2.33. The molecule has 1 aromatic heterocycles. The van der Waals surface area contributed by atoms with E-state index in [0.717, 1.165) is 5.82 Å². The van der Waals surface area contributed by atoms with Crippen molar-refractivity contribution in [2.45, 2.75) is 24.3 Å². The number of thioether (sulfide) groups is 1. The Bertz CT molecular complexity index is 704. The second-order valence-corrected chi connectivity index (χ2v) is 5.84. The molecule has 1 heterocycles. The van der Waals surface area contributed by atoms with E-state index in [1.807, 2.05) is 24.6 Å². The van der Waals surface area contributed by atoms with Crippen LogP contribution < -0.4 is 5.32 Å². The zero-order valence-electron chi connectivity index (χ0n) is 12.0. The van der Waals surface area contributed by atoms with Gasteiger partial charge in [-0.3, -0.25) is 4.79 Å². The lowest BCUT2D eigenvalue weighted by Crippen LogP contribution is -2.22. The third kappa shape index (κ3) is 3.61. The summed E-state index contributed by atoms with van der Waals surface area (Å²) < 4.78 is 1.84. The van der Waals surface area contributed by atoms with Gasteiger partial charge in [0.25, 0.3) is 0 Å². The fourth-order valence-corrected chi connectivity index (χ4v) is 2.47. The Morgan fingerprint density at radius 3 is 2.86 bits per heavy atom. The number of hydrogen-bond donors (Lipinski definition) is 1. The van der Waals surface area contributed by atoms with Crippen LogP contribution in [0.5, 0.6) is 0 Å². The van der Waals surface area contributed by atoms with Crippen molar-refractivity contribution in [2.75, 3.05) is 5.32 Å². The molecule has 0 saturated heterocycles. The molecule has 1 N–H and O–H groups in total. The number of benzene rings is 1. The molecule has 0 bridgehead atoms. The van der Waals surface area contributed by atoms with Gasteiger partial charge in [0.15, 0.2) is 5.16 Å². The first-order chi connectivity index (χ1) is 10.0. The van der Waals surface area contributed by atoms with Crippen LogP contribution in [0.2, 0.25) is 0 Å². The van der Waals surface area contributed by atoms with E-state index in [1.165, 1.54) is 11.8 Å². The van der Waals surface area contributed by atoms with E-state index in [2.05, 4.69) is 15.5 Å². The van der Waals surface area contributed by atoms with Crippen LogP contribution in [0, 0.1) is 18.3 Å². The van der Waals surface area contributed by atoms with Crippen LogP contribution >= 0.6 is 11.8 Å². The van der Waals surface area contributed by atoms with E-state index in [0.29, 0.717) is 16.4 Å². The van der Waals surface area contributed by atoms with E-state index < -0.39 is 0 Å². The van der Waals surface area contributed by atoms with E-state index in [-0.39, 0.29) is 11.2 Å². The van der Waals surface area contributed by atoms with Gasteiger partial charge in [-0.2, -0.15) is 5.26 Å². The first-order valence-electron chi connectivity index (χ1n) is 6.35. The Labute approximate surface area is 127 Å². The first kappa shape index (κ1) is 15.1. The molecule has 21 heavy (non-hydrogen) atoms. The SMILES string of the molecule is Cc1nnc(S[C@@H](C)C(=O)Nc2cccc(C#N)c2)n1C. The summed E-state index contributed by atoms with van der Waals surface area (Å²) in [6.45, 7) is 3.66. The molecule has 0 spiro atoms. The highest BCUT2D eigenvalue weighted by Crippen LogP contribution is 2.22. The largest absolute Gasteiger partial charge is 0.325 e. The number of rotatable bonds is 4. The molecule has 7 heteroatoms. The van der Waals surface area contributed by atoms with Crippen molar-refractivity contribution in [1.82, 2.24) is 14.8 Å². The molecule has 0 saturated carbocycles. The van der Waals surface area contributed by atoms with Gasteiger partial charge in [0.2, 0.25) is 5.91 Å². The summed E-state index contributed by atoms with van der Waals surface area (Å²) in [5.41, 5.74) is 1.12. The maximum absolute atomic E-state index is 12.2. The summed E-state index contributed by atoms with van der Waals surface area (Å²) in [6.07, 6.45) is 0. The average Bonchev–Trinajstić information content (AvgIpc) is 2.79. The Kier molecular flexibility index (Phi) is 4.60. The van der Waals surface area contributed by atoms with Crippen molar-refractivity contribution in [3.8, 4) is 6.07 Å². The highest BCUT2D eigenvalue weighted by molar-refractivity contribution is 8.00. The number of aromatic nitrogens is 3. The number of carbonyl (C=O) groups is 1. The maximum atomic E-state index is 12.2. The Morgan fingerprint density at radius 1 is 1.48 bits per heavy atom. The maximum Gasteiger partial charge on any atom is 0.237 e. The molecule has 108 valence electrons. The van der Waals surface area contributed by atoms with E-state index >= 15 is 0 Å². The second-order valence-electron chi connectivity index (χ2n) is 4.53. The highest BCUT2D eigenvalue weighted by atomic mass is 32.2. The van der Waals surface area contributed by atoms with Gasteiger partial charge in [0.05, 0.1) is 16.9 Å². The summed E-state index contributed by atoms with van der Waals surface area (Å²) in [5.74, 6) is 0.655. The number of carbonyl (C=O) groups excluding carboxylic acids is 1. The van der Waals surface area contributed by atoms with Crippen molar-refractivity contribution in [1.29, 1.82) is 5.26 Å². The number of hydrogen-bond acceptors (Lipinski definition) is 5. The van der Waals surface area contributed by atoms with Gasteiger partial charge in [-0.15, -0.1) is 10.2 Å². The molecule has 0 aliphatic carbocycles. The monoisotopic (exact) mass is 301 g/mol. The lowest BCUT2D eigenvalue weighted by atomic mass is 10.2. The number of anilines is 1. The molecule has 1 atom stereocenters. The second kappa shape index (κ2) is 6.41. The molecular formula is C14H15N5OS. The van der Waals surface area contributed by atoms with Gasteiger partial charge in [0, 0.05) is 12.7 Å². The van der Waals surface area contributed by atoms with Crippen LogP contribution in [0.25, 0.3) is 0 Å². The van der Waals surface area contributed by atoms with Crippen molar-refractivity contribution < 1.29 is 4.79 Å². The zero-order valence-corrected chi connectivity index (χ0v) is 12.8. The smallest absolute Gasteiger partial charge is 0.237 e. The lowest BCUT2D eigenvalue weighted by molar-refractivity contribution is -0.115. The minimum absolute atomic E-state index is 0.143. The molecular weight excluding hydrogens is 286 g/mol. The number of nitriles is 1. The van der Waals surface area contributed by atoms with Gasteiger partial charge >= 0.3 is 0 Å². The van der Waals surface area contributed by atoms with Crippen LogP contribution in [0.4, 0.5) is 5.69 Å². The third-order valence-electron chi connectivity index (χ3n) is 2.96. The fraction of sp³-hybridized carbons (Fsp3) is 0.286. The molecule has 0 fully saturated rings. The van der Waals surface area contributed by atoms with Crippen LogP contribution in [-0.4, -0.2) is 25.9 Å². The predicted octanol–water partition coefficient (Wildman–Crippen LogP) is 2.11. The fourth-order valence-electron chi connectivity index (χ4n) is 1.61. The van der Waals surface area contributed by atoms with Crippen molar-refractivity contribution >= 4 is 23.4 Å². The molecule has 0 unspecified atom stereocenters. The van der Waals surface area contributed by atoms with Gasteiger partial charge in [0.1, 0.15) is 5.82 Å². The van der Waals surface area contributed by atoms with Crippen molar-refractivity contribution in [2.24, 2.45) is 7.05 Å². The molecule has 0 aliphatic heterocycles. The van der Waals surface area contributed by atoms with E-state index in [9.17, 15) is 4.79 Å². The molecule has 6 nitrogen and oxygen atoms in total. The topological polar surface area (TPSA) is 83.6 Å². The van der Waals surface area contributed by atoms with Gasteiger partial charge < -0.3 is 9.88 Å². The van der Waals surface area contributed by atoms with Crippen molar-refractivity contribution in [3.05, 3.63) is 35.7 Å². The summed E-state index contributed by atoms with van der Waals surface area (Å²) in [4.78, 5) is 12.2. The molecule has 1 aromatic carbocycles. The number of amides is 1. The van der Waals surface area contributed by atoms with Crippen LogP contribution in [0.1, 0.15) is 18.3 Å². The molecule has 1 amide bonds. The molecule has 2 rings (SSSR count). The Morgan fingerprint density at radius 2 is 2.24 bits per heavy atom. The first-order valence-corrected chi connectivity index (χ1v) is 7.23. The minimum Gasteiger partial charge on any atom is -0.325 e. The minimum atomic E-state index is -0.321. The highest BCUT2D eigenvalue weighted by Gasteiger charge is 2.18. The normalized spacial score (nSPS) is 11.7. The van der Waals surface area contributed by atoms with Gasteiger partial charge in [-0.25, -0.2) is 0 Å². The van der Waals surface area contributed by atoms with Crippen molar-refractivity contribution in [3.63, 3.8) is 0 Å². The Balaban J connectivity index is 2.02. The summed E-state index contributed by atoms with van der Waals surface area (Å²) in [7, 11) is 1.86. The standard InChI is InChI=1S/C14H15N5OS/c1-9(21-14-18-17-10(2)19(14)3)13(20)16-12-6-4-5-11(7-12)8-15/h4-7,9H,1-3H3,(H,16,20)/t9-/m0/s1. The van der Waals surface area contributed by atoms with Crippen LogP contribution in [0.15, 0.2) is 29.4 Å². The number of nitrogens with one attached hydrogen (secondary N) is 1. The summed E-state index contributed by atoms with van der Waals surface area (Å²) in [6, 6.07) is 8.86. The predicted molar refractivity (Wildman–Crippen MR) is 80.8 cm³/mol. The molecule has 0 radical (unpaired) electrons. The number of nitrogens with zero attached hydrogens (tertiary/aromatic N) is 4. The molecule has 0 aliphatic rings. The van der Waals surface area contributed by atoms with E-state index in [4.69, 9.17) is 5.26 Å². The lowest BCUT2D eigenvalue weighted by Gasteiger charge is -2.11. The zero-order chi connectivity index (χ0) is 15.4. The van der Waals surface area contributed by atoms with E-state index in [1.54, 1.807) is 31.2 Å².